The second kappa shape index (κ2) is 9.59. The zero-order chi connectivity index (χ0) is 23.5. The molecular weight excluding hydrogens is 428 g/mol. The van der Waals surface area contributed by atoms with Gasteiger partial charge in [-0.05, 0) is 74.8 Å². The van der Waals surface area contributed by atoms with Crippen LogP contribution in [0, 0.1) is 13.8 Å². The molecule has 1 heterocycles. The van der Waals surface area contributed by atoms with Crippen LogP contribution >= 0.6 is 12.2 Å². The molecule has 3 aromatic rings. The average Bonchev–Trinajstić information content (AvgIpc) is 2.82. The van der Waals surface area contributed by atoms with Crippen molar-refractivity contribution in [3.8, 4) is 11.5 Å². The number of ether oxygens (including phenoxy) is 1. The van der Waals surface area contributed by atoms with E-state index in [1.54, 1.807) is 0 Å². The number of nitrogens with one attached hydrogen (secondary N) is 1. The fraction of sp³-hybridized carbons (Fsp3) is 0.214. The normalized spacial score (nSPS) is 15.9. The highest BCUT2D eigenvalue weighted by molar-refractivity contribution is 7.80. The van der Waals surface area contributed by atoms with E-state index < -0.39 is 0 Å². The minimum absolute atomic E-state index is 0.00209. The smallest absolute Gasteiger partial charge is 0.193 e. The van der Waals surface area contributed by atoms with Gasteiger partial charge in [0.05, 0.1) is 6.04 Å². The summed E-state index contributed by atoms with van der Waals surface area (Å²) in [5.41, 5.74) is 5.53. The average molecular weight is 457 g/mol. The topological polar surface area (TPSA) is 41.6 Å². The second-order valence-electron chi connectivity index (χ2n) is 8.19. The van der Waals surface area contributed by atoms with Gasteiger partial charge in [0, 0.05) is 23.4 Å². The van der Waals surface area contributed by atoms with E-state index in [0.29, 0.717) is 22.8 Å². The molecule has 0 saturated heterocycles. The number of ketones is 1. The largest absolute Gasteiger partial charge is 0.457 e. The standard InChI is InChI=1S/C28H28N2O2S/c1-5-30-20(4)25(27(31)22-11-7-6-8-12-22)26(29-28(30)33)21-14-16-23(17-15-21)32-24-13-9-10-18(2)19(24)3/h6-17,26H,5H2,1-4H3,(H,29,33). The maximum Gasteiger partial charge on any atom is 0.193 e. The molecule has 0 amide bonds. The van der Waals surface area contributed by atoms with Gasteiger partial charge >= 0.3 is 0 Å². The van der Waals surface area contributed by atoms with E-state index in [1.165, 1.54) is 5.56 Å². The molecule has 0 aromatic heterocycles. The molecule has 1 aliphatic heterocycles. The molecule has 0 spiro atoms. The highest BCUT2D eigenvalue weighted by atomic mass is 32.1. The van der Waals surface area contributed by atoms with Crippen LogP contribution in [0.2, 0.25) is 0 Å². The number of hydrogen-bond donors (Lipinski definition) is 1. The molecule has 0 fully saturated rings. The number of hydrogen-bond acceptors (Lipinski definition) is 3. The van der Waals surface area contributed by atoms with Crippen molar-refractivity contribution in [2.45, 2.75) is 33.7 Å². The number of carbonyl (C=O) groups is 1. The molecule has 1 atom stereocenters. The van der Waals surface area contributed by atoms with Crippen molar-refractivity contribution in [1.29, 1.82) is 0 Å². The van der Waals surface area contributed by atoms with Crippen molar-refractivity contribution in [3.05, 3.63) is 106 Å². The van der Waals surface area contributed by atoms with Crippen LogP contribution in [0.5, 0.6) is 11.5 Å². The van der Waals surface area contributed by atoms with Gasteiger partial charge in [0.2, 0.25) is 0 Å². The molecule has 0 bridgehead atoms. The third-order valence-corrected chi connectivity index (χ3v) is 6.53. The Labute approximate surface area is 200 Å². The molecule has 0 aliphatic carbocycles. The summed E-state index contributed by atoms with van der Waals surface area (Å²) in [4.78, 5) is 15.5. The minimum Gasteiger partial charge on any atom is -0.457 e. The van der Waals surface area contributed by atoms with Crippen LogP contribution in [-0.2, 0) is 0 Å². The summed E-state index contributed by atoms with van der Waals surface area (Å²) in [6, 6.07) is 23.0. The highest BCUT2D eigenvalue weighted by Gasteiger charge is 2.33. The summed E-state index contributed by atoms with van der Waals surface area (Å²) in [5.74, 6) is 1.59. The number of nitrogens with zero attached hydrogens (tertiary/aromatic N) is 1. The Morgan fingerprint density at radius 1 is 0.970 bits per heavy atom. The minimum atomic E-state index is -0.331. The van der Waals surface area contributed by atoms with Crippen molar-refractivity contribution in [2.24, 2.45) is 0 Å². The number of aryl methyl sites for hydroxylation is 1. The van der Waals surface area contributed by atoms with E-state index >= 15 is 0 Å². The first kappa shape index (κ1) is 22.7. The van der Waals surface area contributed by atoms with Gasteiger partial charge < -0.3 is 15.0 Å². The number of Topliss-reactive ketones (excluding diaryl/α,β-unsaturated/α-hetero) is 1. The van der Waals surface area contributed by atoms with E-state index in [2.05, 4.69) is 25.2 Å². The quantitative estimate of drug-likeness (QED) is 0.339. The summed E-state index contributed by atoms with van der Waals surface area (Å²) >= 11 is 5.62. The second-order valence-corrected chi connectivity index (χ2v) is 8.58. The lowest BCUT2D eigenvalue weighted by Gasteiger charge is -2.37. The van der Waals surface area contributed by atoms with Crippen molar-refractivity contribution in [2.75, 3.05) is 6.54 Å². The van der Waals surface area contributed by atoms with Crippen LogP contribution in [0.3, 0.4) is 0 Å². The van der Waals surface area contributed by atoms with Crippen LogP contribution in [0.4, 0.5) is 0 Å². The zero-order valence-electron chi connectivity index (χ0n) is 19.4. The Morgan fingerprint density at radius 3 is 2.33 bits per heavy atom. The lowest BCUT2D eigenvalue weighted by atomic mass is 9.89. The van der Waals surface area contributed by atoms with Crippen LogP contribution in [0.1, 0.15) is 46.9 Å². The van der Waals surface area contributed by atoms with Gasteiger partial charge in [0.15, 0.2) is 10.9 Å². The fourth-order valence-electron chi connectivity index (χ4n) is 4.14. The highest BCUT2D eigenvalue weighted by Crippen LogP contribution is 2.34. The Balaban J connectivity index is 1.68. The zero-order valence-corrected chi connectivity index (χ0v) is 20.2. The van der Waals surface area contributed by atoms with E-state index in [0.717, 1.165) is 28.3 Å². The number of benzene rings is 3. The lowest BCUT2D eigenvalue weighted by Crippen LogP contribution is -2.47. The van der Waals surface area contributed by atoms with Crippen LogP contribution < -0.4 is 10.1 Å². The monoisotopic (exact) mass is 456 g/mol. The third kappa shape index (κ3) is 4.55. The first-order valence-corrected chi connectivity index (χ1v) is 11.5. The van der Waals surface area contributed by atoms with Crippen molar-refractivity contribution in [1.82, 2.24) is 10.2 Å². The van der Waals surface area contributed by atoms with E-state index in [4.69, 9.17) is 17.0 Å². The Hall–Kier alpha value is -3.44. The van der Waals surface area contributed by atoms with Gasteiger partial charge in [-0.1, -0.05) is 54.6 Å². The van der Waals surface area contributed by atoms with E-state index in [-0.39, 0.29) is 11.8 Å². The number of allylic oxidation sites excluding steroid dienone is 1. The van der Waals surface area contributed by atoms with Crippen molar-refractivity contribution in [3.63, 3.8) is 0 Å². The number of rotatable bonds is 6. The predicted molar refractivity (Wildman–Crippen MR) is 137 cm³/mol. The third-order valence-electron chi connectivity index (χ3n) is 6.19. The maximum absolute atomic E-state index is 13.5. The van der Waals surface area contributed by atoms with Crippen LogP contribution in [0.15, 0.2) is 84.1 Å². The first-order chi connectivity index (χ1) is 15.9. The van der Waals surface area contributed by atoms with Crippen molar-refractivity contribution < 1.29 is 9.53 Å². The molecule has 4 rings (SSSR count). The molecule has 0 radical (unpaired) electrons. The Morgan fingerprint density at radius 2 is 1.67 bits per heavy atom. The number of thiocarbonyl (C=S) groups is 1. The van der Waals surface area contributed by atoms with Crippen molar-refractivity contribution >= 4 is 23.1 Å². The summed E-state index contributed by atoms with van der Waals surface area (Å²) in [7, 11) is 0. The Bertz CT molecular complexity index is 1220. The molecule has 33 heavy (non-hydrogen) atoms. The first-order valence-electron chi connectivity index (χ1n) is 11.1. The summed E-state index contributed by atoms with van der Waals surface area (Å²) in [6.07, 6.45) is 0. The van der Waals surface area contributed by atoms with Gasteiger partial charge in [0.25, 0.3) is 0 Å². The molecule has 168 valence electrons. The molecule has 5 heteroatoms. The van der Waals surface area contributed by atoms with Crippen LogP contribution in [-0.4, -0.2) is 22.3 Å². The summed E-state index contributed by atoms with van der Waals surface area (Å²) in [5, 5.41) is 4.01. The molecule has 1 N–H and O–H groups in total. The van der Waals surface area contributed by atoms with Gasteiger partial charge in [-0.25, -0.2) is 0 Å². The van der Waals surface area contributed by atoms with Gasteiger partial charge in [-0.15, -0.1) is 0 Å². The molecule has 0 saturated carbocycles. The fourth-order valence-corrected chi connectivity index (χ4v) is 4.53. The summed E-state index contributed by atoms with van der Waals surface area (Å²) < 4.78 is 6.12. The number of carbonyl (C=O) groups excluding carboxylic acids is 1. The maximum atomic E-state index is 13.5. The van der Waals surface area contributed by atoms with Gasteiger partial charge in [-0.3, -0.25) is 4.79 Å². The molecule has 1 unspecified atom stereocenters. The Kier molecular flexibility index (Phi) is 6.61. The van der Waals surface area contributed by atoms with Crippen LogP contribution in [0.25, 0.3) is 0 Å². The molecular formula is C28H28N2O2S. The molecule has 4 nitrogen and oxygen atoms in total. The SMILES string of the molecule is CCN1C(=S)NC(c2ccc(Oc3cccc(C)c3C)cc2)C(C(=O)c2ccccc2)=C1C. The molecule has 1 aliphatic rings. The molecule has 3 aromatic carbocycles. The predicted octanol–water partition coefficient (Wildman–Crippen LogP) is 6.50. The lowest BCUT2D eigenvalue weighted by molar-refractivity contribution is 0.102. The van der Waals surface area contributed by atoms with Gasteiger partial charge in [0.1, 0.15) is 11.5 Å². The van der Waals surface area contributed by atoms with E-state index in [1.807, 2.05) is 85.5 Å². The summed E-state index contributed by atoms with van der Waals surface area (Å²) in [6.45, 7) is 8.82. The van der Waals surface area contributed by atoms with E-state index in [9.17, 15) is 4.79 Å². The van der Waals surface area contributed by atoms with Gasteiger partial charge in [-0.2, -0.15) is 0 Å².